The lowest BCUT2D eigenvalue weighted by Gasteiger charge is -2.37. The van der Waals surface area contributed by atoms with Crippen molar-refractivity contribution in [1.29, 1.82) is 0 Å². The Kier molecular flexibility index (Phi) is 6.67. The fraction of sp³-hybridized carbons (Fsp3) is 0.435. The number of aryl methyl sites for hydroxylation is 1. The first-order valence-corrected chi connectivity index (χ1v) is 11.4. The zero-order valence-electron chi connectivity index (χ0n) is 19.7. The van der Waals surface area contributed by atoms with Crippen molar-refractivity contribution in [2.75, 3.05) is 43.9 Å². The molecule has 0 saturated carbocycles. The zero-order valence-corrected chi connectivity index (χ0v) is 20.4. The summed E-state index contributed by atoms with van der Waals surface area (Å²) >= 11 is 6.42. The van der Waals surface area contributed by atoms with Crippen molar-refractivity contribution in [3.63, 3.8) is 0 Å². The average Bonchev–Trinajstić information content (AvgIpc) is 2.77. The number of methoxy groups -OCH3 is 1. The van der Waals surface area contributed by atoms with Gasteiger partial charge in [0.1, 0.15) is 17.2 Å². The summed E-state index contributed by atoms with van der Waals surface area (Å²) in [5, 5.41) is 0.0121. The highest BCUT2D eigenvalue weighted by Crippen LogP contribution is 2.44. The molecule has 1 aliphatic heterocycles. The monoisotopic (exact) mass is 512 g/mol. The van der Waals surface area contributed by atoms with Gasteiger partial charge in [-0.05, 0) is 38.5 Å². The third kappa shape index (κ3) is 4.66. The summed E-state index contributed by atoms with van der Waals surface area (Å²) in [5.41, 5.74) is 2.98. The Hall–Kier alpha value is -2.92. The van der Waals surface area contributed by atoms with E-state index in [0.717, 1.165) is 19.2 Å². The Balaban J connectivity index is 1.94. The minimum atomic E-state index is -4.81. The molecule has 0 spiro atoms. The first kappa shape index (κ1) is 25.2. The number of hydrogen-bond acceptors (Lipinski definition) is 7. The molecule has 4 rings (SSSR count). The largest absolute Gasteiger partial charge is 0.467 e. The van der Waals surface area contributed by atoms with Crippen LogP contribution in [-0.4, -0.2) is 59.2 Å². The van der Waals surface area contributed by atoms with E-state index < -0.39 is 28.8 Å². The van der Waals surface area contributed by atoms with E-state index in [9.17, 15) is 13.2 Å². The number of aromatic nitrogens is 3. The van der Waals surface area contributed by atoms with Crippen LogP contribution in [0.15, 0.2) is 12.1 Å². The topological polar surface area (TPSA) is 80.4 Å². The standard InChI is InChI=1S/C23H25ClF4N6O/c1-11(2)33-5-7-34(8-6-33)21-13-10-14(24)16(18(25)19(13)31-22(32-21)35-4)20-17(23(26,27)28)12(3)9-15(29)30-20/h9-11H,5-8H2,1-4H3,(H2,29,30). The molecule has 1 fully saturated rings. The lowest BCUT2D eigenvalue weighted by Crippen LogP contribution is -2.49. The Morgan fingerprint density at radius 3 is 2.31 bits per heavy atom. The Bertz CT molecular complexity index is 1280. The first-order chi connectivity index (χ1) is 16.4. The van der Waals surface area contributed by atoms with Crippen molar-refractivity contribution in [2.24, 2.45) is 0 Å². The van der Waals surface area contributed by atoms with Crippen LogP contribution >= 0.6 is 11.6 Å². The van der Waals surface area contributed by atoms with Crippen LogP contribution in [0.2, 0.25) is 5.02 Å². The molecule has 1 saturated heterocycles. The van der Waals surface area contributed by atoms with Gasteiger partial charge in [-0.3, -0.25) is 4.90 Å². The molecule has 0 bridgehead atoms. The van der Waals surface area contributed by atoms with Gasteiger partial charge >= 0.3 is 12.2 Å². The molecular formula is C23H25ClF4N6O. The highest BCUT2D eigenvalue weighted by Gasteiger charge is 2.38. The lowest BCUT2D eigenvalue weighted by atomic mass is 9.99. The van der Waals surface area contributed by atoms with Crippen LogP contribution in [0.1, 0.15) is 25.0 Å². The summed E-state index contributed by atoms with van der Waals surface area (Å²) in [4.78, 5) is 16.6. The number of nitrogens with zero attached hydrogens (tertiary/aromatic N) is 5. The molecule has 2 aromatic heterocycles. The van der Waals surface area contributed by atoms with Gasteiger partial charge in [-0.2, -0.15) is 23.1 Å². The van der Waals surface area contributed by atoms with E-state index >= 15 is 4.39 Å². The van der Waals surface area contributed by atoms with Crippen molar-refractivity contribution in [2.45, 2.75) is 33.0 Å². The predicted octanol–water partition coefficient (Wildman–Crippen LogP) is 4.93. The van der Waals surface area contributed by atoms with Crippen molar-refractivity contribution in [3.05, 3.63) is 34.1 Å². The number of ether oxygens (including phenoxy) is 1. The van der Waals surface area contributed by atoms with Crippen molar-refractivity contribution in [1.82, 2.24) is 19.9 Å². The molecule has 1 aromatic carbocycles. The highest BCUT2D eigenvalue weighted by molar-refractivity contribution is 6.34. The molecule has 188 valence electrons. The molecule has 3 heterocycles. The van der Waals surface area contributed by atoms with E-state index in [1.807, 2.05) is 4.90 Å². The summed E-state index contributed by atoms with van der Waals surface area (Å²) in [6.07, 6.45) is -4.81. The number of alkyl halides is 3. The number of benzene rings is 1. The number of pyridine rings is 1. The van der Waals surface area contributed by atoms with Crippen molar-refractivity contribution < 1.29 is 22.3 Å². The predicted molar refractivity (Wildman–Crippen MR) is 127 cm³/mol. The van der Waals surface area contributed by atoms with Crippen LogP contribution in [0.4, 0.5) is 29.2 Å². The molecule has 0 radical (unpaired) electrons. The summed E-state index contributed by atoms with van der Waals surface area (Å²) in [6.45, 7) is 8.21. The van der Waals surface area contributed by atoms with Crippen molar-refractivity contribution in [3.8, 4) is 17.3 Å². The fourth-order valence-electron chi connectivity index (χ4n) is 4.40. The number of rotatable bonds is 4. The Morgan fingerprint density at radius 1 is 1.09 bits per heavy atom. The summed E-state index contributed by atoms with van der Waals surface area (Å²) < 4.78 is 62.9. The van der Waals surface area contributed by atoms with Crippen LogP contribution in [-0.2, 0) is 6.18 Å². The van der Waals surface area contributed by atoms with Crippen LogP contribution in [0.3, 0.4) is 0 Å². The maximum absolute atomic E-state index is 16.0. The first-order valence-electron chi connectivity index (χ1n) is 11.0. The number of nitrogen functional groups attached to an aromatic ring is 1. The molecule has 0 unspecified atom stereocenters. The molecule has 3 aromatic rings. The minimum Gasteiger partial charge on any atom is -0.467 e. The summed E-state index contributed by atoms with van der Waals surface area (Å²) in [7, 11) is 1.33. The minimum absolute atomic E-state index is 0.112. The second-order valence-electron chi connectivity index (χ2n) is 8.68. The quantitative estimate of drug-likeness (QED) is 0.496. The second-order valence-corrected chi connectivity index (χ2v) is 9.09. The van der Waals surface area contributed by atoms with Gasteiger partial charge in [-0.15, -0.1) is 0 Å². The van der Waals surface area contributed by atoms with Gasteiger partial charge in [0.15, 0.2) is 5.82 Å². The number of halogens is 5. The number of piperazine rings is 1. The number of hydrogen-bond donors (Lipinski definition) is 1. The lowest BCUT2D eigenvalue weighted by molar-refractivity contribution is -0.137. The van der Waals surface area contributed by atoms with E-state index in [1.54, 1.807) is 0 Å². The third-order valence-corrected chi connectivity index (χ3v) is 6.42. The van der Waals surface area contributed by atoms with Gasteiger partial charge in [0.05, 0.1) is 29.0 Å². The second kappa shape index (κ2) is 9.27. The highest BCUT2D eigenvalue weighted by atomic mass is 35.5. The summed E-state index contributed by atoms with van der Waals surface area (Å²) in [5.74, 6) is -0.848. The zero-order chi connectivity index (χ0) is 25.7. The van der Waals surface area contributed by atoms with Gasteiger partial charge in [0, 0.05) is 37.6 Å². The normalized spacial score (nSPS) is 15.3. The van der Waals surface area contributed by atoms with Gasteiger partial charge < -0.3 is 15.4 Å². The summed E-state index contributed by atoms with van der Waals surface area (Å²) in [6, 6.07) is 2.72. The van der Waals surface area contributed by atoms with Gasteiger partial charge in [-0.1, -0.05) is 11.6 Å². The van der Waals surface area contributed by atoms with Gasteiger partial charge in [0.25, 0.3) is 0 Å². The molecule has 7 nitrogen and oxygen atoms in total. The van der Waals surface area contributed by atoms with Gasteiger partial charge in [-0.25, -0.2) is 9.37 Å². The van der Waals surface area contributed by atoms with E-state index in [4.69, 9.17) is 22.1 Å². The fourth-order valence-corrected chi connectivity index (χ4v) is 4.68. The van der Waals surface area contributed by atoms with Crippen molar-refractivity contribution >= 4 is 34.1 Å². The van der Waals surface area contributed by atoms with E-state index in [2.05, 4.69) is 33.7 Å². The van der Waals surface area contributed by atoms with E-state index in [-0.39, 0.29) is 33.3 Å². The van der Waals surface area contributed by atoms with Crippen LogP contribution in [0.5, 0.6) is 6.01 Å². The smallest absolute Gasteiger partial charge is 0.418 e. The molecule has 2 N–H and O–H groups in total. The molecule has 12 heteroatoms. The van der Waals surface area contributed by atoms with Crippen LogP contribution in [0, 0.1) is 12.7 Å². The van der Waals surface area contributed by atoms with E-state index in [0.29, 0.717) is 24.9 Å². The molecule has 35 heavy (non-hydrogen) atoms. The third-order valence-electron chi connectivity index (χ3n) is 6.13. The van der Waals surface area contributed by atoms with Crippen LogP contribution in [0.25, 0.3) is 22.2 Å². The number of anilines is 2. The Labute approximate surface area is 204 Å². The van der Waals surface area contributed by atoms with E-state index in [1.165, 1.54) is 20.1 Å². The van der Waals surface area contributed by atoms with Crippen LogP contribution < -0.4 is 15.4 Å². The maximum atomic E-state index is 16.0. The number of fused-ring (bicyclic) bond motifs is 1. The molecule has 0 atom stereocenters. The molecule has 1 aliphatic rings. The molecule has 0 amide bonds. The number of nitrogens with two attached hydrogens (primary N) is 1. The van der Waals surface area contributed by atoms with Gasteiger partial charge in [0.2, 0.25) is 0 Å². The molecular weight excluding hydrogens is 488 g/mol. The SMILES string of the molecule is COc1nc(N2CCN(C(C)C)CC2)c2cc(Cl)c(-c3nc(N)cc(C)c3C(F)(F)F)c(F)c2n1. The maximum Gasteiger partial charge on any atom is 0.418 e. The average molecular weight is 513 g/mol. The Morgan fingerprint density at radius 2 is 1.74 bits per heavy atom. The molecule has 0 aliphatic carbocycles.